The molecule has 0 aromatic rings. The molecular weight excluding hydrogens is 389 g/mol. The van der Waals surface area contributed by atoms with Crippen LogP contribution in [0.25, 0.3) is 0 Å². The number of nitrogens with zero attached hydrogens (tertiary/aromatic N) is 1. The summed E-state index contributed by atoms with van der Waals surface area (Å²) < 4.78 is 6.05. The zero-order chi connectivity index (χ0) is 15.7. The highest BCUT2D eigenvalue weighted by Gasteiger charge is 2.46. The molecule has 3 unspecified atom stereocenters. The fraction of sp³-hybridized carbons (Fsp3) is 0.941. The number of rotatable bonds is 3. The van der Waals surface area contributed by atoms with Crippen LogP contribution in [0, 0.1) is 16.7 Å². The maximum atomic E-state index is 6.05. The van der Waals surface area contributed by atoms with E-state index in [1.165, 1.54) is 19.3 Å². The summed E-state index contributed by atoms with van der Waals surface area (Å²) in [7, 11) is 1.85. The van der Waals surface area contributed by atoms with E-state index in [0.717, 1.165) is 19.1 Å². The topological polar surface area (TPSA) is 45.7 Å². The second-order valence-electron chi connectivity index (χ2n) is 8.40. The molecule has 0 aromatic heterocycles. The van der Waals surface area contributed by atoms with E-state index in [1.807, 2.05) is 7.05 Å². The van der Waals surface area contributed by atoms with Gasteiger partial charge in [0.05, 0.1) is 6.10 Å². The van der Waals surface area contributed by atoms with E-state index in [-0.39, 0.29) is 29.4 Å². The molecule has 5 heteroatoms. The van der Waals surface area contributed by atoms with Gasteiger partial charge in [-0.3, -0.25) is 4.99 Å². The summed E-state index contributed by atoms with van der Waals surface area (Å²) in [5.74, 6) is 1.49. The minimum atomic E-state index is 0. The lowest BCUT2D eigenvalue weighted by molar-refractivity contribution is -0.0835. The summed E-state index contributed by atoms with van der Waals surface area (Å²) in [6.07, 6.45) is 3.96. The lowest BCUT2D eigenvalue weighted by Crippen LogP contribution is -2.48. The Balaban J connectivity index is 0.00000242. The van der Waals surface area contributed by atoms with Crippen molar-refractivity contribution in [2.45, 2.75) is 66.0 Å². The molecule has 0 aromatic carbocycles. The molecule has 2 fully saturated rings. The molecular formula is C17H34IN3O. The van der Waals surface area contributed by atoms with Crippen LogP contribution in [0.5, 0.6) is 0 Å². The van der Waals surface area contributed by atoms with Gasteiger partial charge in [-0.25, -0.2) is 0 Å². The maximum absolute atomic E-state index is 6.05. The summed E-state index contributed by atoms with van der Waals surface area (Å²) in [5.41, 5.74) is 0.613. The highest BCUT2D eigenvalue weighted by molar-refractivity contribution is 14.0. The molecule has 0 amide bonds. The first-order chi connectivity index (χ1) is 9.74. The van der Waals surface area contributed by atoms with Crippen molar-refractivity contribution in [2.24, 2.45) is 21.7 Å². The van der Waals surface area contributed by atoms with Gasteiger partial charge in [0.25, 0.3) is 0 Å². The van der Waals surface area contributed by atoms with E-state index in [0.29, 0.717) is 23.5 Å². The second-order valence-corrected chi connectivity index (χ2v) is 8.40. The zero-order valence-corrected chi connectivity index (χ0v) is 17.4. The van der Waals surface area contributed by atoms with Gasteiger partial charge in [0.1, 0.15) is 0 Å². The van der Waals surface area contributed by atoms with E-state index in [2.05, 4.69) is 50.2 Å². The Hall–Kier alpha value is -0.0400. The van der Waals surface area contributed by atoms with Gasteiger partial charge in [0.2, 0.25) is 0 Å². The minimum Gasteiger partial charge on any atom is -0.377 e. The Morgan fingerprint density at radius 3 is 2.45 bits per heavy atom. The van der Waals surface area contributed by atoms with Crippen molar-refractivity contribution in [1.29, 1.82) is 0 Å². The van der Waals surface area contributed by atoms with Gasteiger partial charge < -0.3 is 15.4 Å². The quantitative estimate of drug-likeness (QED) is 0.416. The summed E-state index contributed by atoms with van der Waals surface area (Å²) in [6.45, 7) is 13.3. The average molecular weight is 423 g/mol. The Morgan fingerprint density at radius 1 is 1.32 bits per heavy atom. The van der Waals surface area contributed by atoms with Crippen LogP contribution in [0.4, 0.5) is 0 Å². The zero-order valence-electron chi connectivity index (χ0n) is 15.0. The van der Waals surface area contributed by atoms with Crippen molar-refractivity contribution < 1.29 is 4.74 Å². The molecule has 0 spiro atoms. The predicted octanol–water partition coefficient (Wildman–Crippen LogP) is 3.41. The number of hydrogen-bond donors (Lipinski definition) is 2. The van der Waals surface area contributed by atoms with Crippen molar-refractivity contribution in [1.82, 2.24) is 10.6 Å². The van der Waals surface area contributed by atoms with Crippen LogP contribution < -0.4 is 10.6 Å². The summed E-state index contributed by atoms with van der Waals surface area (Å²) in [4.78, 5) is 4.36. The van der Waals surface area contributed by atoms with E-state index < -0.39 is 0 Å². The number of guanidine groups is 1. The molecule has 1 aliphatic heterocycles. The van der Waals surface area contributed by atoms with Crippen LogP contribution in [0.2, 0.25) is 0 Å². The first kappa shape index (κ1) is 20.0. The summed E-state index contributed by atoms with van der Waals surface area (Å²) in [5, 5.41) is 7.03. The van der Waals surface area contributed by atoms with Gasteiger partial charge in [-0.15, -0.1) is 24.0 Å². The van der Waals surface area contributed by atoms with E-state index >= 15 is 0 Å². The van der Waals surface area contributed by atoms with Gasteiger partial charge in [-0.2, -0.15) is 0 Å². The second kappa shape index (κ2) is 7.69. The monoisotopic (exact) mass is 423 g/mol. The fourth-order valence-electron chi connectivity index (χ4n) is 3.31. The normalized spacial score (nSPS) is 31.2. The number of halogens is 1. The Morgan fingerprint density at radius 2 is 1.95 bits per heavy atom. The van der Waals surface area contributed by atoms with Gasteiger partial charge in [-0.1, -0.05) is 34.6 Å². The molecule has 130 valence electrons. The van der Waals surface area contributed by atoms with E-state index in [1.54, 1.807) is 0 Å². The van der Waals surface area contributed by atoms with Gasteiger partial charge in [0.15, 0.2) is 5.96 Å². The highest BCUT2D eigenvalue weighted by atomic mass is 127. The Labute approximate surface area is 153 Å². The maximum Gasteiger partial charge on any atom is 0.191 e. The highest BCUT2D eigenvalue weighted by Crippen LogP contribution is 2.44. The molecule has 0 bridgehead atoms. The molecule has 1 heterocycles. The molecule has 1 aliphatic carbocycles. The number of hydrogen-bond acceptors (Lipinski definition) is 2. The first-order valence-corrected chi connectivity index (χ1v) is 8.33. The molecule has 4 nitrogen and oxygen atoms in total. The molecule has 2 aliphatic rings. The van der Waals surface area contributed by atoms with E-state index in [4.69, 9.17) is 4.74 Å². The first-order valence-electron chi connectivity index (χ1n) is 8.33. The molecule has 2 rings (SSSR count). The molecule has 22 heavy (non-hydrogen) atoms. The third kappa shape index (κ3) is 5.25. The standard InChI is InChI=1S/C17H33N3O.HI/c1-16(2,3)14-12(8-7-9-21-14)11-19-15(18-6)20-13-10-17(13,4)5;/h12-14H,7-11H2,1-6H3,(H2,18,19,20);1H. The third-order valence-corrected chi connectivity index (χ3v) is 4.88. The van der Waals surface area contributed by atoms with Crippen molar-refractivity contribution in [3.8, 4) is 0 Å². The summed E-state index contributed by atoms with van der Waals surface area (Å²) >= 11 is 0. The SMILES string of the molecule is CN=C(NCC1CCCOC1C(C)(C)C)NC1CC1(C)C.I. The molecule has 0 radical (unpaired) electrons. The predicted molar refractivity (Wildman–Crippen MR) is 104 cm³/mol. The van der Waals surface area contributed by atoms with Crippen LogP contribution in [-0.4, -0.2) is 38.3 Å². The number of nitrogens with one attached hydrogen (secondary N) is 2. The largest absolute Gasteiger partial charge is 0.377 e. The molecule has 2 N–H and O–H groups in total. The van der Waals surface area contributed by atoms with Crippen LogP contribution in [0.3, 0.4) is 0 Å². The third-order valence-electron chi connectivity index (χ3n) is 4.88. The molecule has 1 saturated heterocycles. The van der Waals surface area contributed by atoms with Gasteiger partial charge >= 0.3 is 0 Å². The van der Waals surface area contributed by atoms with Crippen LogP contribution in [0.15, 0.2) is 4.99 Å². The van der Waals surface area contributed by atoms with Gasteiger partial charge in [-0.05, 0) is 30.1 Å². The lowest BCUT2D eigenvalue weighted by Gasteiger charge is -2.40. The van der Waals surface area contributed by atoms with Crippen LogP contribution in [-0.2, 0) is 4.74 Å². The molecule has 3 atom stereocenters. The number of ether oxygens (including phenoxy) is 1. The average Bonchev–Trinajstić information content (AvgIpc) is 3.00. The number of aliphatic imine (C=N–C) groups is 1. The van der Waals surface area contributed by atoms with E-state index in [9.17, 15) is 0 Å². The Kier molecular flexibility index (Phi) is 6.99. The molecule has 1 saturated carbocycles. The van der Waals surface area contributed by atoms with Crippen LogP contribution >= 0.6 is 24.0 Å². The van der Waals surface area contributed by atoms with Crippen molar-refractivity contribution in [2.75, 3.05) is 20.2 Å². The fourth-order valence-corrected chi connectivity index (χ4v) is 3.31. The van der Waals surface area contributed by atoms with Crippen molar-refractivity contribution in [3.05, 3.63) is 0 Å². The Bertz CT molecular complexity index is 390. The lowest BCUT2D eigenvalue weighted by atomic mass is 9.78. The minimum absolute atomic E-state index is 0. The van der Waals surface area contributed by atoms with Gasteiger partial charge in [0, 0.05) is 32.2 Å². The summed E-state index contributed by atoms with van der Waals surface area (Å²) in [6, 6.07) is 0.560. The van der Waals surface area contributed by atoms with Crippen molar-refractivity contribution in [3.63, 3.8) is 0 Å². The van der Waals surface area contributed by atoms with Crippen LogP contribution in [0.1, 0.15) is 53.9 Å². The van der Waals surface area contributed by atoms with Crippen molar-refractivity contribution >= 4 is 29.9 Å². The smallest absolute Gasteiger partial charge is 0.191 e.